The number of fused-ring (bicyclic) bond motifs is 1. The van der Waals surface area contributed by atoms with Gasteiger partial charge in [0.2, 0.25) is 0 Å². The van der Waals surface area contributed by atoms with Crippen LogP contribution in [0.3, 0.4) is 0 Å². The molecule has 0 spiro atoms. The summed E-state index contributed by atoms with van der Waals surface area (Å²) in [6.45, 7) is 5.97. The molecule has 2 fully saturated rings. The molecule has 3 heterocycles. The fourth-order valence-electron chi connectivity index (χ4n) is 5.28. The van der Waals surface area contributed by atoms with Gasteiger partial charge in [-0.3, -0.25) is 14.5 Å². The minimum atomic E-state index is -0.662. The minimum absolute atomic E-state index is 0.0584. The quantitative estimate of drug-likeness (QED) is 0.532. The summed E-state index contributed by atoms with van der Waals surface area (Å²) in [5.74, 6) is -1.08. The number of aromatic amines is 1. The van der Waals surface area contributed by atoms with Gasteiger partial charge in [-0.05, 0) is 57.0 Å². The fourth-order valence-corrected chi connectivity index (χ4v) is 5.28. The number of rotatable bonds is 6. The Morgan fingerprint density at radius 1 is 1.03 bits per heavy atom. The third-order valence-electron chi connectivity index (χ3n) is 7.45. The summed E-state index contributed by atoms with van der Waals surface area (Å²) >= 11 is 0. The average molecular weight is 492 g/mol. The van der Waals surface area contributed by atoms with Crippen molar-refractivity contribution in [3.63, 3.8) is 0 Å². The van der Waals surface area contributed by atoms with Crippen LogP contribution in [0.2, 0.25) is 0 Å². The van der Waals surface area contributed by atoms with E-state index in [4.69, 9.17) is 0 Å². The molecule has 2 aliphatic heterocycles. The third kappa shape index (κ3) is 4.39. The number of halogens is 1. The van der Waals surface area contributed by atoms with E-state index >= 15 is 0 Å². The van der Waals surface area contributed by atoms with Crippen LogP contribution in [0.15, 0.2) is 47.3 Å². The first-order valence-electron chi connectivity index (χ1n) is 12.5. The molecule has 1 N–H and O–H groups in total. The van der Waals surface area contributed by atoms with Crippen molar-refractivity contribution in [2.45, 2.75) is 51.6 Å². The van der Waals surface area contributed by atoms with Crippen molar-refractivity contribution < 1.29 is 14.0 Å². The van der Waals surface area contributed by atoms with E-state index in [1.54, 1.807) is 25.1 Å². The zero-order valence-corrected chi connectivity index (χ0v) is 20.5. The SMILES string of the molecule is CC1CCCCN1CCN1C(=O)N(c2cc(Cc3n[nH]c(=O)c4ccccc34)ccc2F)C(=O)C1C. The van der Waals surface area contributed by atoms with Gasteiger partial charge in [0.15, 0.2) is 0 Å². The molecule has 0 radical (unpaired) electrons. The molecule has 2 aromatic carbocycles. The maximum Gasteiger partial charge on any atom is 0.332 e. The van der Waals surface area contributed by atoms with Crippen molar-refractivity contribution in [1.82, 2.24) is 20.0 Å². The highest BCUT2D eigenvalue weighted by atomic mass is 19.1. The summed E-state index contributed by atoms with van der Waals surface area (Å²) in [5, 5.41) is 7.91. The van der Waals surface area contributed by atoms with Gasteiger partial charge in [-0.25, -0.2) is 19.2 Å². The number of nitrogens with one attached hydrogen (secondary N) is 1. The molecule has 5 rings (SSSR count). The Labute approximate surface area is 208 Å². The van der Waals surface area contributed by atoms with Crippen LogP contribution in [-0.4, -0.2) is 63.7 Å². The molecule has 0 bridgehead atoms. The number of aromatic nitrogens is 2. The number of anilines is 1. The maximum absolute atomic E-state index is 15.0. The molecular formula is C27H30FN5O3. The zero-order valence-electron chi connectivity index (χ0n) is 20.5. The molecule has 3 amide bonds. The number of carbonyl (C=O) groups is 2. The van der Waals surface area contributed by atoms with Gasteiger partial charge in [0.05, 0.1) is 16.8 Å². The van der Waals surface area contributed by atoms with Gasteiger partial charge in [0, 0.05) is 30.9 Å². The van der Waals surface area contributed by atoms with Crippen LogP contribution in [0.1, 0.15) is 44.4 Å². The van der Waals surface area contributed by atoms with E-state index in [1.807, 2.05) is 12.1 Å². The molecule has 0 saturated carbocycles. The summed E-state index contributed by atoms with van der Waals surface area (Å²) < 4.78 is 15.0. The van der Waals surface area contributed by atoms with Crippen molar-refractivity contribution in [1.29, 1.82) is 0 Å². The molecule has 2 atom stereocenters. The minimum Gasteiger partial charge on any atom is -0.311 e. The first kappa shape index (κ1) is 24.1. The molecular weight excluding hydrogens is 461 g/mol. The van der Waals surface area contributed by atoms with Crippen LogP contribution >= 0.6 is 0 Å². The lowest BCUT2D eigenvalue weighted by molar-refractivity contribution is -0.119. The van der Waals surface area contributed by atoms with Crippen LogP contribution < -0.4 is 10.5 Å². The van der Waals surface area contributed by atoms with Gasteiger partial charge in [-0.2, -0.15) is 5.10 Å². The number of amides is 3. The molecule has 9 heteroatoms. The Morgan fingerprint density at radius 3 is 2.58 bits per heavy atom. The number of hydrogen-bond donors (Lipinski definition) is 1. The normalized spacial score (nSPS) is 21.1. The largest absolute Gasteiger partial charge is 0.332 e. The van der Waals surface area contributed by atoms with E-state index < -0.39 is 23.8 Å². The number of piperidine rings is 1. The molecule has 8 nitrogen and oxygen atoms in total. The van der Waals surface area contributed by atoms with Gasteiger partial charge in [-0.1, -0.05) is 30.7 Å². The van der Waals surface area contributed by atoms with Crippen LogP contribution in [0.25, 0.3) is 10.8 Å². The second-order valence-corrected chi connectivity index (χ2v) is 9.71. The summed E-state index contributed by atoms with van der Waals surface area (Å²) in [6.07, 6.45) is 3.78. The van der Waals surface area contributed by atoms with E-state index in [1.165, 1.54) is 23.5 Å². The van der Waals surface area contributed by atoms with Gasteiger partial charge < -0.3 is 4.90 Å². The molecule has 2 unspecified atom stereocenters. The Hall–Kier alpha value is -3.59. The molecule has 188 valence electrons. The van der Waals surface area contributed by atoms with E-state index in [9.17, 15) is 18.8 Å². The highest BCUT2D eigenvalue weighted by Gasteiger charge is 2.44. The molecule has 3 aromatic rings. The van der Waals surface area contributed by atoms with E-state index in [0.29, 0.717) is 47.6 Å². The lowest BCUT2D eigenvalue weighted by atomic mass is 10.0. The Kier molecular flexibility index (Phi) is 6.57. The number of nitrogens with zero attached hydrogens (tertiary/aromatic N) is 4. The number of imide groups is 1. The van der Waals surface area contributed by atoms with E-state index in [2.05, 4.69) is 22.0 Å². The summed E-state index contributed by atoms with van der Waals surface area (Å²) in [7, 11) is 0. The van der Waals surface area contributed by atoms with Crippen LogP contribution in [0, 0.1) is 5.82 Å². The van der Waals surface area contributed by atoms with Crippen molar-refractivity contribution in [2.75, 3.05) is 24.5 Å². The number of hydrogen-bond acceptors (Lipinski definition) is 5. The Morgan fingerprint density at radius 2 is 1.81 bits per heavy atom. The third-order valence-corrected chi connectivity index (χ3v) is 7.45. The Balaban J connectivity index is 1.39. The standard InChI is InChI=1S/C27H30FN5O3/c1-17-7-5-6-12-31(17)13-14-32-18(2)26(35)33(27(32)36)24-16-19(10-11-22(24)28)15-23-20-8-3-4-9-21(20)25(34)30-29-23/h3-4,8-11,16-18H,5-7,12-15H2,1-2H3,(H,30,34). The lowest BCUT2D eigenvalue weighted by Gasteiger charge is -2.34. The number of carbonyl (C=O) groups excluding carboxylic acids is 2. The van der Waals surface area contributed by atoms with E-state index in [0.717, 1.165) is 24.3 Å². The summed E-state index contributed by atoms with van der Waals surface area (Å²) in [4.78, 5) is 43.4. The fraction of sp³-hybridized carbons (Fsp3) is 0.407. The molecule has 2 saturated heterocycles. The second kappa shape index (κ2) is 9.81. The zero-order chi connectivity index (χ0) is 25.4. The molecule has 1 aromatic heterocycles. The highest BCUT2D eigenvalue weighted by Crippen LogP contribution is 2.30. The molecule has 36 heavy (non-hydrogen) atoms. The first-order valence-corrected chi connectivity index (χ1v) is 12.5. The smallest absolute Gasteiger partial charge is 0.311 e. The summed E-state index contributed by atoms with van der Waals surface area (Å²) in [6, 6.07) is 10.8. The number of likely N-dealkylation sites (tertiary alicyclic amines) is 1. The number of benzene rings is 2. The van der Waals surface area contributed by atoms with Crippen LogP contribution in [0.5, 0.6) is 0 Å². The number of urea groups is 1. The Bertz CT molecular complexity index is 1370. The summed E-state index contributed by atoms with van der Waals surface area (Å²) in [5.41, 5.74) is 0.949. The van der Waals surface area contributed by atoms with E-state index in [-0.39, 0.29) is 11.2 Å². The first-order chi connectivity index (χ1) is 17.3. The second-order valence-electron chi connectivity index (χ2n) is 9.71. The monoisotopic (exact) mass is 491 g/mol. The van der Waals surface area contributed by atoms with Crippen LogP contribution in [-0.2, 0) is 11.2 Å². The highest BCUT2D eigenvalue weighted by molar-refractivity contribution is 6.21. The van der Waals surface area contributed by atoms with Gasteiger partial charge in [0.1, 0.15) is 11.9 Å². The lowest BCUT2D eigenvalue weighted by Crippen LogP contribution is -2.45. The van der Waals surface area contributed by atoms with Gasteiger partial charge in [-0.15, -0.1) is 0 Å². The van der Waals surface area contributed by atoms with Crippen molar-refractivity contribution in [3.05, 3.63) is 69.9 Å². The van der Waals surface area contributed by atoms with Crippen LogP contribution in [0.4, 0.5) is 14.9 Å². The van der Waals surface area contributed by atoms with Crippen molar-refractivity contribution >= 4 is 28.4 Å². The molecule has 2 aliphatic rings. The van der Waals surface area contributed by atoms with Crippen molar-refractivity contribution in [2.24, 2.45) is 0 Å². The maximum atomic E-state index is 15.0. The van der Waals surface area contributed by atoms with Gasteiger partial charge >= 0.3 is 6.03 Å². The predicted molar refractivity (Wildman–Crippen MR) is 136 cm³/mol. The van der Waals surface area contributed by atoms with Gasteiger partial charge in [0.25, 0.3) is 11.5 Å². The molecule has 0 aliphatic carbocycles. The average Bonchev–Trinajstić information content (AvgIpc) is 3.09. The topological polar surface area (TPSA) is 89.6 Å². The predicted octanol–water partition coefficient (Wildman–Crippen LogP) is 3.68. The number of H-pyrrole nitrogens is 1. The van der Waals surface area contributed by atoms with Crippen molar-refractivity contribution in [3.8, 4) is 0 Å².